The van der Waals surface area contributed by atoms with E-state index in [1.807, 2.05) is 0 Å². The summed E-state index contributed by atoms with van der Waals surface area (Å²) < 4.78 is 69.1. The van der Waals surface area contributed by atoms with Gasteiger partial charge in [0.05, 0.1) is 11.0 Å². The number of amides is 1. The fourth-order valence-corrected chi connectivity index (χ4v) is 2.84. The molecule has 0 aliphatic rings. The van der Waals surface area contributed by atoms with Crippen LogP contribution in [0.2, 0.25) is 0 Å². The summed E-state index contributed by atoms with van der Waals surface area (Å²) in [5.41, 5.74) is 1.11. The molecule has 154 valence electrons. The molecule has 0 aliphatic carbocycles. The molecule has 0 unspecified atom stereocenters. The Balaban J connectivity index is 1.61. The Kier molecular flexibility index (Phi) is 6.00. The molecule has 3 rings (SSSR count). The molecule has 1 N–H and O–H groups in total. The average molecular weight is 413 g/mol. The van der Waals surface area contributed by atoms with Crippen LogP contribution in [-0.2, 0) is 23.9 Å². The molecule has 0 spiro atoms. The Morgan fingerprint density at radius 1 is 1.10 bits per heavy atom. The first-order valence-corrected chi connectivity index (χ1v) is 8.57. The molecule has 0 aliphatic heterocycles. The lowest BCUT2D eigenvalue weighted by Crippen LogP contribution is -2.31. The number of fused-ring (bicyclic) bond motifs is 1. The van der Waals surface area contributed by atoms with Gasteiger partial charge in [0, 0.05) is 6.54 Å². The number of imidazole rings is 1. The Hall–Kier alpha value is -3.17. The van der Waals surface area contributed by atoms with Gasteiger partial charge in [-0.3, -0.25) is 4.79 Å². The maximum Gasteiger partial charge on any atom is 0.449 e. The summed E-state index contributed by atoms with van der Waals surface area (Å²) in [6.07, 6.45) is -4.32. The summed E-state index contributed by atoms with van der Waals surface area (Å²) in [4.78, 5) is 15.8. The van der Waals surface area contributed by atoms with Crippen LogP contribution < -0.4 is 10.1 Å². The van der Waals surface area contributed by atoms with Crippen LogP contribution in [0.3, 0.4) is 0 Å². The van der Waals surface area contributed by atoms with E-state index in [1.165, 1.54) is 24.3 Å². The zero-order chi connectivity index (χ0) is 21.0. The first-order chi connectivity index (χ1) is 13.7. The number of rotatable bonds is 7. The second-order valence-electron chi connectivity index (χ2n) is 6.13. The van der Waals surface area contributed by atoms with Gasteiger partial charge in [0.15, 0.2) is 0 Å². The molecule has 0 bridgehead atoms. The van der Waals surface area contributed by atoms with Gasteiger partial charge in [0.2, 0.25) is 11.7 Å². The number of alkyl halides is 5. The van der Waals surface area contributed by atoms with Gasteiger partial charge < -0.3 is 14.6 Å². The Bertz CT molecular complexity index is 984. The number of carbonyl (C=O) groups is 1. The minimum atomic E-state index is -4.69. The van der Waals surface area contributed by atoms with Crippen molar-refractivity contribution in [1.82, 2.24) is 14.9 Å². The molecule has 0 atom stereocenters. The van der Waals surface area contributed by atoms with Crippen LogP contribution in [-0.4, -0.2) is 28.6 Å². The molecule has 0 radical (unpaired) electrons. The molecule has 29 heavy (non-hydrogen) atoms. The molecule has 0 fully saturated rings. The first-order valence-electron chi connectivity index (χ1n) is 8.57. The fraction of sp³-hybridized carbons (Fsp3) is 0.263. The van der Waals surface area contributed by atoms with Crippen LogP contribution in [0.4, 0.5) is 22.0 Å². The predicted octanol–water partition coefficient (Wildman–Crippen LogP) is 4.02. The van der Waals surface area contributed by atoms with Crippen LogP contribution in [0, 0.1) is 0 Å². The highest BCUT2D eigenvalue weighted by Crippen LogP contribution is 2.31. The quantitative estimate of drug-likeness (QED) is 0.596. The van der Waals surface area contributed by atoms with Gasteiger partial charge in [-0.25, -0.2) is 4.98 Å². The van der Waals surface area contributed by atoms with E-state index in [0.29, 0.717) is 6.42 Å². The van der Waals surface area contributed by atoms with Gasteiger partial charge in [-0.05, 0) is 36.2 Å². The predicted molar refractivity (Wildman–Crippen MR) is 94.5 cm³/mol. The molecular formula is C19H16F5N3O2. The highest BCUT2D eigenvalue weighted by molar-refractivity contribution is 5.81. The second kappa shape index (κ2) is 8.46. The van der Waals surface area contributed by atoms with Gasteiger partial charge in [0.1, 0.15) is 12.3 Å². The summed E-state index contributed by atoms with van der Waals surface area (Å²) in [5, 5.41) is 2.55. The Morgan fingerprint density at radius 3 is 2.45 bits per heavy atom. The molecule has 1 aromatic heterocycles. The highest BCUT2D eigenvalue weighted by Gasteiger charge is 2.37. The largest absolute Gasteiger partial charge is 0.449 e. The number of nitrogens with one attached hydrogen (secondary N) is 1. The zero-order valence-corrected chi connectivity index (χ0v) is 14.9. The molecular weight excluding hydrogens is 397 g/mol. The number of hydrogen-bond donors (Lipinski definition) is 1. The molecule has 0 saturated carbocycles. The van der Waals surface area contributed by atoms with E-state index in [2.05, 4.69) is 15.0 Å². The van der Waals surface area contributed by atoms with E-state index < -0.39 is 31.1 Å². The molecule has 1 amide bonds. The minimum absolute atomic E-state index is 0.0134. The van der Waals surface area contributed by atoms with Crippen molar-refractivity contribution in [3.05, 3.63) is 59.9 Å². The lowest BCUT2D eigenvalue weighted by Gasteiger charge is -2.12. The molecule has 2 aromatic carbocycles. The number of nitrogens with zero attached hydrogens (tertiary/aromatic N) is 2. The fourth-order valence-electron chi connectivity index (χ4n) is 2.84. The van der Waals surface area contributed by atoms with E-state index in [0.717, 1.165) is 10.1 Å². The summed E-state index contributed by atoms with van der Waals surface area (Å²) in [6.45, 7) is -3.28. The first kappa shape index (κ1) is 20.6. The van der Waals surface area contributed by atoms with E-state index in [9.17, 15) is 26.7 Å². The van der Waals surface area contributed by atoms with Gasteiger partial charge in [-0.15, -0.1) is 0 Å². The lowest BCUT2D eigenvalue weighted by molar-refractivity contribution is -0.147. The number of hydrogen-bond acceptors (Lipinski definition) is 3. The number of carbonyl (C=O) groups excluding carboxylic acids is 1. The van der Waals surface area contributed by atoms with Crippen molar-refractivity contribution in [3.8, 4) is 5.75 Å². The topological polar surface area (TPSA) is 56.2 Å². The van der Waals surface area contributed by atoms with Gasteiger partial charge >= 0.3 is 12.8 Å². The average Bonchev–Trinajstić information content (AvgIpc) is 3.02. The SMILES string of the molecule is O=C(Cn1c(C(F)(F)F)nc2ccccc21)NCCc1ccc(OC(F)F)cc1. The number of para-hydroxylation sites is 2. The number of halogens is 5. The van der Waals surface area contributed by atoms with Crippen molar-refractivity contribution in [2.75, 3.05) is 6.54 Å². The third-order valence-corrected chi connectivity index (χ3v) is 4.09. The van der Waals surface area contributed by atoms with Crippen molar-refractivity contribution in [1.29, 1.82) is 0 Å². The van der Waals surface area contributed by atoms with E-state index in [4.69, 9.17) is 0 Å². The van der Waals surface area contributed by atoms with Crippen LogP contribution in [0.25, 0.3) is 11.0 Å². The summed E-state index contributed by atoms with van der Waals surface area (Å²) in [7, 11) is 0. The highest BCUT2D eigenvalue weighted by atomic mass is 19.4. The zero-order valence-electron chi connectivity index (χ0n) is 14.9. The Morgan fingerprint density at radius 2 is 1.79 bits per heavy atom. The maximum atomic E-state index is 13.2. The third-order valence-electron chi connectivity index (χ3n) is 4.09. The van der Waals surface area contributed by atoms with Crippen molar-refractivity contribution < 1.29 is 31.5 Å². The maximum absolute atomic E-state index is 13.2. The molecule has 3 aromatic rings. The van der Waals surface area contributed by atoms with Crippen LogP contribution in [0.1, 0.15) is 11.4 Å². The van der Waals surface area contributed by atoms with E-state index >= 15 is 0 Å². The second-order valence-corrected chi connectivity index (χ2v) is 6.13. The van der Waals surface area contributed by atoms with Crippen molar-refractivity contribution >= 4 is 16.9 Å². The van der Waals surface area contributed by atoms with E-state index in [1.54, 1.807) is 24.3 Å². The van der Waals surface area contributed by atoms with Crippen molar-refractivity contribution in [2.45, 2.75) is 25.8 Å². The van der Waals surface area contributed by atoms with Gasteiger partial charge in [0.25, 0.3) is 0 Å². The molecule has 10 heteroatoms. The third kappa shape index (κ3) is 5.21. The smallest absolute Gasteiger partial charge is 0.435 e. The van der Waals surface area contributed by atoms with Crippen LogP contribution >= 0.6 is 0 Å². The number of aromatic nitrogens is 2. The monoisotopic (exact) mass is 413 g/mol. The van der Waals surface area contributed by atoms with Crippen LogP contribution in [0.15, 0.2) is 48.5 Å². The number of ether oxygens (including phenoxy) is 1. The van der Waals surface area contributed by atoms with Crippen molar-refractivity contribution in [2.24, 2.45) is 0 Å². The number of benzene rings is 2. The summed E-state index contributed by atoms with van der Waals surface area (Å²) in [6, 6.07) is 11.9. The van der Waals surface area contributed by atoms with Gasteiger partial charge in [-0.2, -0.15) is 22.0 Å². The van der Waals surface area contributed by atoms with Crippen molar-refractivity contribution in [3.63, 3.8) is 0 Å². The summed E-state index contributed by atoms with van der Waals surface area (Å²) in [5.74, 6) is -1.72. The normalized spacial score (nSPS) is 11.8. The standard InChI is InChI=1S/C19H16F5N3O2/c20-18(21)29-13-7-5-12(6-8-13)9-10-25-16(28)11-27-15-4-2-1-3-14(15)26-17(27)19(22,23)24/h1-8,18H,9-11H2,(H,25,28). The van der Waals surface area contributed by atoms with E-state index in [-0.39, 0.29) is 23.3 Å². The molecule has 0 saturated heterocycles. The molecule has 5 nitrogen and oxygen atoms in total. The summed E-state index contributed by atoms with van der Waals surface area (Å²) >= 11 is 0. The minimum Gasteiger partial charge on any atom is -0.435 e. The van der Waals surface area contributed by atoms with Gasteiger partial charge in [-0.1, -0.05) is 24.3 Å². The van der Waals surface area contributed by atoms with Crippen LogP contribution in [0.5, 0.6) is 5.75 Å². The molecule has 1 heterocycles. The lowest BCUT2D eigenvalue weighted by atomic mass is 10.1. The Labute approximate surface area is 162 Å².